The summed E-state index contributed by atoms with van der Waals surface area (Å²) in [6.45, 7) is 13.2. The fourth-order valence-corrected chi connectivity index (χ4v) is 7.81. The van der Waals surface area contributed by atoms with Crippen LogP contribution in [-0.4, -0.2) is 141 Å². The minimum Gasteiger partial charge on any atom is -0.496 e. The Kier molecular flexibility index (Phi) is 19.8. The topological polar surface area (TPSA) is 331 Å². The first kappa shape index (κ1) is 58.6. The summed E-state index contributed by atoms with van der Waals surface area (Å²) in [7, 11) is 5.70. The number of carbonyl (C=O) groups excluding carboxylic acids is 8. The van der Waals surface area contributed by atoms with E-state index in [2.05, 4.69) is 63.2 Å². The summed E-state index contributed by atoms with van der Waals surface area (Å²) in [5.41, 5.74) is 0.298. The molecule has 6 atom stereocenters. The lowest BCUT2D eigenvalue weighted by atomic mass is 10.0. The molecule has 8 amide bonds. The summed E-state index contributed by atoms with van der Waals surface area (Å²) in [5.74, 6) is -3.34. The van der Waals surface area contributed by atoms with Crippen LogP contribution in [0, 0.1) is 0 Å². The largest absolute Gasteiger partial charge is 0.496 e. The third-order valence-electron chi connectivity index (χ3n) is 11.6. The fraction of sp³-hybridized carbons (Fsp3) is 0.520. The number of nitrogens with zero attached hydrogens (tertiary/aromatic N) is 6. The van der Waals surface area contributed by atoms with Gasteiger partial charge in [-0.05, 0) is 116 Å². The minimum absolute atomic E-state index is 0.0425. The second-order valence-electron chi connectivity index (χ2n) is 19.9. The van der Waals surface area contributed by atoms with Crippen LogP contribution in [0.2, 0.25) is 0 Å². The fourth-order valence-electron chi connectivity index (χ4n) is 7.81. The molecule has 26 nitrogen and oxygen atoms in total. The summed E-state index contributed by atoms with van der Waals surface area (Å²) in [5, 5.41) is 38.3. The lowest BCUT2D eigenvalue weighted by molar-refractivity contribution is -0.132. The van der Waals surface area contributed by atoms with Gasteiger partial charge in [0.25, 0.3) is 0 Å². The number of aryl methyl sites for hydroxylation is 2. The maximum atomic E-state index is 13.9. The van der Waals surface area contributed by atoms with Crippen LogP contribution in [0.3, 0.4) is 0 Å². The second-order valence-corrected chi connectivity index (χ2v) is 19.9. The highest BCUT2D eigenvalue weighted by atomic mass is 16.6. The third kappa shape index (κ3) is 16.3. The van der Waals surface area contributed by atoms with E-state index in [0.29, 0.717) is 45.1 Å². The van der Waals surface area contributed by atoms with E-state index >= 15 is 0 Å². The van der Waals surface area contributed by atoms with Gasteiger partial charge in [0.1, 0.15) is 70.3 Å². The molecule has 5 rings (SSSR count). The Bertz CT molecular complexity index is 2560. The summed E-state index contributed by atoms with van der Waals surface area (Å²) < 4.78 is 25.2. The van der Waals surface area contributed by atoms with Crippen LogP contribution in [0.4, 0.5) is 9.59 Å². The molecule has 0 saturated heterocycles. The first-order valence-electron chi connectivity index (χ1n) is 24.6. The summed E-state index contributed by atoms with van der Waals surface area (Å²) in [6, 6.07) is 2.17. The first-order chi connectivity index (χ1) is 35.8. The zero-order valence-electron chi connectivity index (χ0n) is 44.9. The van der Waals surface area contributed by atoms with Crippen molar-refractivity contribution in [3.8, 4) is 34.0 Å². The van der Waals surface area contributed by atoms with Crippen LogP contribution in [-0.2, 0) is 51.3 Å². The molecule has 1 aliphatic heterocycles. The number of hydrogen-bond donors (Lipinski definition) is 8. The lowest BCUT2D eigenvalue weighted by Crippen LogP contribution is -2.54. The predicted molar refractivity (Wildman–Crippen MR) is 274 cm³/mol. The highest BCUT2D eigenvalue weighted by Crippen LogP contribution is 2.33. The van der Waals surface area contributed by atoms with Crippen LogP contribution >= 0.6 is 0 Å². The van der Waals surface area contributed by atoms with Crippen molar-refractivity contribution in [3.63, 3.8) is 0 Å². The highest BCUT2D eigenvalue weighted by Gasteiger charge is 2.32. The van der Waals surface area contributed by atoms with E-state index in [0.717, 1.165) is 0 Å². The van der Waals surface area contributed by atoms with Crippen molar-refractivity contribution in [1.82, 2.24) is 72.5 Å². The molecule has 0 unspecified atom stereocenters. The van der Waals surface area contributed by atoms with Gasteiger partial charge < -0.3 is 61.5 Å². The smallest absolute Gasteiger partial charge is 0.408 e. The van der Waals surface area contributed by atoms with Crippen molar-refractivity contribution in [1.29, 1.82) is 0 Å². The number of likely N-dealkylation sites (N-methyl/N-ethyl adjacent to an activating group) is 2. The Morgan fingerprint density at radius 3 is 1.28 bits per heavy atom. The normalized spacial score (nSPS) is 20.5. The molecule has 2 aromatic carbocycles. The molecule has 2 aromatic heterocycles. The Morgan fingerprint density at radius 1 is 0.579 bits per heavy atom. The van der Waals surface area contributed by atoms with Gasteiger partial charge >= 0.3 is 12.2 Å². The third-order valence-corrected chi connectivity index (χ3v) is 11.6. The number of carbonyl (C=O) groups is 8. The number of rotatable bonds is 6. The number of ether oxygens (including phenoxy) is 4. The maximum Gasteiger partial charge on any atom is 0.408 e. The molecule has 8 bridgehead atoms. The van der Waals surface area contributed by atoms with Gasteiger partial charge in [-0.1, -0.05) is 22.6 Å². The molecule has 26 heteroatoms. The second kappa shape index (κ2) is 25.8. The number of methoxy groups -OCH3 is 2. The maximum absolute atomic E-state index is 13.9. The standard InChI is InChI=1S/C50H70N14O12/c1-27-41(65)57-39(45(69)51-9)29-17-19-37(73-11)31(23-29)35-25-64(62-59-35)22-14-16-34(56-48(72)76-50(6,7)8)44(68)54-28(2)42(66)58-40(46(70)52-10)30-18-20-38(74-12)32(24-30)36-26-63(61-60-36)21-13-15-33(43(67)53-27)55-47(71)75-49(3,4)5/h17-20,23-28,33-34,39-40H,13-16,21-22H2,1-12H3,(H,51,69)(H,52,70)(H,53,67)(H,54,68)(H,55,71)(H,56,72)(H,57,65)(H,58,66)/t27-,28-,33+,34+,39+,40+/m1/s1. The molecule has 8 N–H and O–H groups in total. The molecule has 3 heterocycles. The van der Waals surface area contributed by atoms with Crippen molar-refractivity contribution in [3.05, 3.63) is 59.9 Å². The number of aromatic nitrogens is 6. The van der Waals surface area contributed by atoms with Crippen LogP contribution in [0.15, 0.2) is 48.8 Å². The van der Waals surface area contributed by atoms with E-state index in [1.54, 1.807) is 90.3 Å². The van der Waals surface area contributed by atoms with E-state index < -0.39 is 95.1 Å². The Morgan fingerprint density at radius 2 is 0.947 bits per heavy atom. The van der Waals surface area contributed by atoms with Gasteiger partial charge in [0.05, 0.1) is 26.6 Å². The number of hydrogen-bond acceptors (Lipinski definition) is 16. The van der Waals surface area contributed by atoms with E-state index in [1.165, 1.54) is 51.5 Å². The average Bonchev–Trinajstić information content (AvgIpc) is 4.04. The van der Waals surface area contributed by atoms with Crippen LogP contribution in [0.1, 0.15) is 104 Å². The Balaban J connectivity index is 1.53. The van der Waals surface area contributed by atoms with Crippen LogP contribution < -0.4 is 52.0 Å². The van der Waals surface area contributed by atoms with Crippen molar-refractivity contribution in [2.75, 3.05) is 28.3 Å². The molecule has 0 aliphatic carbocycles. The van der Waals surface area contributed by atoms with E-state index in [9.17, 15) is 38.4 Å². The molecule has 0 fully saturated rings. The molecular formula is C50H70N14O12. The molecule has 76 heavy (non-hydrogen) atoms. The quantitative estimate of drug-likeness (QED) is 0.137. The predicted octanol–water partition coefficient (Wildman–Crippen LogP) is 2.10. The van der Waals surface area contributed by atoms with Gasteiger partial charge in [-0.15, -0.1) is 10.2 Å². The average molecular weight is 1060 g/mol. The summed E-state index contributed by atoms with van der Waals surface area (Å²) in [6.07, 6.45) is 2.06. The monoisotopic (exact) mass is 1060 g/mol. The van der Waals surface area contributed by atoms with Crippen molar-refractivity contribution < 1.29 is 57.3 Å². The molecule has 412 valence electrons. The molecular weight excluding hydrogens is 989 g/mol. The van der Waals surface area contributed by atoms with Crippen molar-refractivity contribution in [2.45, 2.75) is 142 Å². The summed E-state index contributed by atoms with van der Waals surface area (Å²) >= 11 is 0. The zero-order valence-corrected chi connectivity index (χ0v) is 44.9. The Hall–Kier alpha value is -8.32. The van der Waals surface area contributed by atoms with Crippen LogP contribution in [0.25, 0.3) is 22.5 Å². The summed E-state index contributed by atoms with van der Waals surface area (Å²) in [4.78, 5) is 109. The number of fused-ring (bicyclic) bond motifs is 10. The Labute approximate surface area is 440 Å². The molecule has 0 spiro atoms. The van der Waals surface area contributed by atoms with E-state index in [-0.39, 0.29) is 38.8 Å². The highest BCUT2D eigenvalue weighted by molar-refractivity contribution is 5.95. The molecule has 4 aromatic rings. The van der Waals surface area contributed by atoms with Gasteiger partial charge in [-0.25, -0.2) is 9.59 Å². The van der Waals surface area contributed by atoms with Gasteiger partial charge in [0.15, 0.2) is 0 Å². The SMILES string of the molecule is CNC(=O)[C@H]1NC(=O)[C@@H](C)NC(=O)[C@@H](NC(=O)OC(C)(C)C)CCCn2cc(nn2)-c2cc(ccc2OC)[C@@H](C(=O)NC)NC(=O)[C@@H](C)NC(=O)[C@@H](NC(=O)OC(C)(C)C)CCCn2cc(nn2)-c2cc1ccc2OC. The van der Waals surface area contributed by atoms with Gasteiger partial charge in [-0.3, -0.25) is 38.1 Å². The minimum atomic E-state index is -1.28. The van der Waals surface area contributed by atoms with Crippen molar-refractivity contribution >= 4 is 47.6 Å². The number of benzene rings is 2. The molecule has 0 radical (unpaired) electrons. The number of alkyl carbamates (subject to hydrolysis) is 2. The van der Waals surface area contributed by atoms with Crippen molar-refractivity contribution in [2.24, 2.45) is 0 Å². The van der Waals surface area contributed by atoms with Gasteiger partial charge in [0, 0.05) is 38.3 Å². The number of nitrogens with one attached hydrogen (secondary N) is 8. The van der Waals surface area contributed by atoms with E-state index in [1.807, 2.05) is 0 Å². The first-order valence-corrected chi connectivity index (χ1v) is 24.6. The number of amides is 8. The van der Waals surface area contributed by atoms with E-state index in [4.69, 9.17) is 18.9 Å². The zero-order chi connectivity index (χ0) is 56.1. The molecule has 1 aliphatic rings. The van der Waals surface area contributed by atoms with Crippen LogP contribution in [0.5, 0.6) is 11.5 Å². The van der Waals surface area contributed by atoms with Gasteiger partial charge in [-0.2, -0.15) is 0 Å². The van der Waals surface area contributed by atoms with Gasteiger partial charge in [0.2, 0.25) is 35.4 Å². The lowest BCUT2D eigenvalue weighted by Gasteiger charge is -2.25. The molecule has 0 saturated carbocycles.